The predicted molar refractivity (Wildman–Crippen MR) is 98.6 cm³/mol. The molecule has 1 unspecified atom stereocenters. The number of ether oxygens (including phenoxy) is 1. The number of hydrogen-bond donors (Lipinski definition) is 3. The highest BCUT2D eigenvalue weighted by molar-refractivity contribution is 8.00. The molecule has 2 atom stereocenters. The number of nitrogens with one attached hydrogen (secondary N) is 2. The summed E-state index contributed by atoms with van der Waals surface area (Å²) >= 11 is 17.6. The number of nitrogens with zero attached hydrogens (tertiary/aromatic N) is 2. The van der Waals surface area contributed by atoms with E-state index in [1.807, 2.05) is 0 Å². The number of aliphatic carboxylic acids is 1. The number of carbonyl (C=O) groups excluding carboxylic acids is 3. The first kappa shape index (κ1) is 21.6. The molecule has 3 amide bonds. The maximum absolute atomic E-state index is 12.3. The van der Waals surface area contributed by atoms with Gasteiger partial charge in [0.05, 0.1) is 6.21 Å². The van der Waals surface area contributed by atoms with Crippen LogP contribution in [0.4, 0.5) is 4.79 Å². The normalized spacial score (nSPS) is 22.2. The van der Waals surface area contributed by atoms with Crippen LogP contribution in [0.25, 0.3) is 0 Å². The molecule has 0 radical (unpaired) electrons. The average molecular weight is 460 g/mol. The lowest BCUT2D eigenvalue weighted by Crippen LogP contribution is -2.70. The molecule has 0 saturated carbocycles. The Balaban J connectivity index is 2.08. The number of β-lactam (4-membered cyclic amide) rings is 1. The number of carboxylic acid groups (broad SMARTS) is 1. The third kappa shape index (κ3) is 5.41. The Morgan fingerprint density at radius 3 is 2.67 bits per heavy atom. The minimum absolute atomic E-state index is 0.195. The summed E-state index contributed by atoms with van der Waals surface area (Å²) in [6.45, 7) is 0.725. The van der Waals surface area contributed by atoms with Crippen molar-refractivity contribution in [3.8, 4) is 0 Å². The number of hydrogen-bond acceptors (Lipinski definition) is 7. The second-order valence-electron chi connectivity index (χ2n) is 5.33. The van der Waals surface area contributed by atoms with E-state index < -0.39 is 45.7 Å². The number of carbonyl (C=O) groups is 4. The number of fused-ring (bicyclic) bond motifs is 1. The summed E-state index contributed by atoms with van der Waals surface area (Å²) < 4.78 is 2.90. The number of thioether (sulfide) groups is 1. The number of alkyl halides is 3. The van der Waals surface area contributed by atoms with Crippen molar-refractivity contribution in [3.05, 3.63) is 11.3 Å². The highest BCUT2D eigenvalue weighted by atomic mass is 35.6. The van der Waals surface area contributed by atoms with Gasteiger partial charge < -0.3 is 15.2 Å². The maximum atomic E-state index is 12.3. The maximum Gasteiger partial charge on any atom is 0.408 e. The highest BCUT2D eigenvalue weighted by Crippen LogP contribution is 2.40. The van der Waals surface area contributed by atoms with Crippen LogP contribution in [-0.4, -0.2) is 67.7 Å². The lowest BCUT2D eigenvalue weighted by molar-refractivity contribution is -0.148. The van der Waals surface area contributed by atoms with Gasteiger partial charge in [0.25, 0.3) is 5.91 Å². The van der Waals surface area contributed by atoms with Gasteiger partial charge in [0.15, 0.2) is 0 Å². The Morgan fingerprint density at radius 2 is 2.11 bits per heavy atom. The van der Waals surface area contributed by atoms with Gasteiger partial charge in [0, 0.05) is 18.2 Å². The second kappa shape index (κ2) is 8.55. The molecule has 0 aromatic heterocycles. The summed E-state index contributed by atoms with van der Waals surface area (Å²) in [4.78, 5) is 47.5. The molecule has 14 heteroatoms. The molecule has 1 saturated heterocycles. The molecular formula is C13H13Cl3N4O6S. The van der Waals surface area contributed by atoms with E-state index >= 15 is 0 Å². The number of halogens is 3. The van der Waals surface area contributed by atoms with Gasteiger partial charge in [-0.15, -0.1) is 11.8 Å². The Bertz CT molecular complexity index is 738. The molecule has 0 bridgehead atoms. The largest absolute Gasteiger partial charge is 0.477 e. The zero-order valence-corrected chi connectivity index (χ0v) is 16.7. The van der Waals surface area contributed by atoms with Crippen molar-refractivity contribution in [2.24, 2.45) is 5.10 Å². The molecule has 2 rings (SSSR count). The lowest BCUT2D eigenvalue weighted by atomic mass is 10.0. The van der Waals surface area contributed by atoms with E-state index in [1.165, 1.54) is 18.7 Å². The molecule has 2 heterocycles. The predicted octanol–water partition coefficient (Wildman–Crippen LogP) is 0.827. The summed E-state index contributed by atoms with van der Waals surface area (Å²) in [6.07, 6.45) is 0.191. The van der Waals surface area contributed by atoms with Gasteiger partial charge in [-0.2, -0.15) is 5.10 Å². The Hall–Kier alpha value is -1.69. The van der Waals surface area contributed by atoms with Crippen LogP contribution in [0, 0.1) is 0 Å². The van der Waals surface area contributed by atoms with E-state index in [0.29, 0.717) is 0 Å². The van der Waals surface area contributed by atoms with Gasteiger partial charge in [-0.3, -0.25) is 14.5 Å². The third-order valence-electron chi connectivity index (χ3n) is 3.28. The molecule has 0 aliphatic carbocycles. The molecule has 0 spiro atoms. The summed E-state index contributed by atoms with van der Waals surface area (Å²) in [5, 5.41) is 14.7. The van der Waals surface area contributed by atoms with Gasteiger partial charge in [-0.25, -0.2) is 15.0 Å². The van der Waals surface area contributed by atoms with Crippen LogP contribution in [0.3, 0.4) is 0 Å². The second-order valence-corrected chi connectivity index (χ2v) is 8.95. The molecule has 10 nitrogen and oxygen atoms in total. The van der Waals surface area contributed by atoms with E-state index in [2.05, 4.69) is 15.8 Å². The first-order chi connectivity index (χ1) is 12.5. The Kier molecular flexibility index (Phi) is 6.84. The van der Waals surface area contributed by atoms with Gasteiger partial charge in [-0.05, 0) is 0 Å². The molecule has 148 valence electrons. The van der Waals surface area contributed by atoms with E-state index in [-0.39, 0.29) is 17.0 Å². The van der Waals surface area contributed by atoms with E-state index in [9.17, 15) is 24.3 Å². The van der Waals surface area contributed by atoms with Crippen molar-refractivity contribution < 1.29 is 29.0 Å². The Morgan fingerprint density at radius 1 is 1.44 bits per heavy atom. The zero-order chi connectivity index (χ0) is 20.4. The Labute approximate surface area is 172 Å². The number of hydrazone groups is 1. The van der Waals surface area contributed by atoms with Gasteiger partial charge >= 0.3 is 12.1 Å². The third-order valence-corrected chi connectivity index (χ3v) is 4.91. The first-order valence-electron chi connectivity index (χ1n) is 7.22. The van der Waals surface area contributed by atoms with Crippen LogP contribution < -0.4 is 10.7 Å². The van der Waals surface area contributed by atoms with Crippen LogP contribution in [0.5, 0.6) is 0 Å². The molecule has 1 fully saturated rings. The topological polar surface area (TPSA) is 137 Å². The van der Waals surface area contributed by atoms with Crippen LogP contribution in [0.15, 0.2) is 16.4 Å². The van der Waals surface area contributed by atoms with Gasteiger partial charge in [-0.1, -0.05) is 34.8 Å². The van der Waals surface area contributed by atoms with E-state index in [0.717, 1.165) is 11.1 Å². The summed E-state index contributed by atoms with van der Waals surface area (Å²) in [7, 11) is 0. The van der Waals surface area contributed by atoms with Crippen molar-refractivity contribution in [2.45, 2.75) is 22.1 Å². The molecule has 27 heavy (non-hydrogen) atoms. The standard InChI is InChI=1S/C13H13Cl3N4O6S/c1-5(21)19-17-2-6-3-27-10-7(9(22)20(10)8(6)11(23)24)18-12(25)26-4-13(14,15)16/h2,7,10H,3-4H2,1H3,(H,18,25)(H,19,21)(H,23,24)/b17-2+/t7?,10-/m1/s1. The van der Waals surface area contributed by atoms with Gasteiger partial charge in [0.1, 0.15) is 23.7 Å². The van der Waals surface area contributed by atoms with Gasteiger partial charge in [0.2, 0.25) is 9.70 Å². The minimum atomic E-state index is -1.80. The molecule has 0 aromatic carbocycles. The molecule has 2 aliphatic heterocycles. The van der Waals surface area contributed by atoms with E-state index in [1.54, 1.807) is 0 Å². The smallest absolute Gasteiger partial charge is 0.408 e. The fourth-order valence-electron chi connectivity index (χ4n) is 2.26. The molecular weight excluding hydrogens is 447 g/mol. The summed E-state index contributed by atoms with van der Waals surface area (Å²) in [6, 6.07) is -0.985. The highest BCUT2D eigenvalue weighted by Gasteiger charge is 2.54. The molecule has 3 N–H and O–H groups in total. The number of carboxylic acids is 1. The van der Waals surface area contributed by atoms with Crippen molar-refractivity contribution in [3.63, 3.8) is 0 Å². The monoisotopic (exact) mass is 458 g/mol. The van der Waals surface area contributed by atoms with Crippen molar-refractivity contribution in [1.82, 2.24) is 15.6 Å². The number of amides is 3. The fraction of sp³-hybridized carbons (Fsp3) is 0.462. The van der Waals surface area contributed by atoms with Crippen LogP contribution >= 0.6 is 46.6 Å². The summed E-state index contributed by atoms with van der Waals surface area (Å²) in [5.74, 6) is -2.21. The van der Waals surface area contributed by atoms with Crippen LogP contribution in [-0.2, 0) is 19.1 Å². The first-order valence-corrected chi connectivity index (χ1v) is 9.40. The van der Waals surface area contributed by atoms with Crippen molar-refractivity contribution in [2.75, 3.05) is 12.4 Å². The van der Waals surface area contributed by atoms with Crippen LogP contribution in [0.1, 0.15) is 6.92 Å². The summed E-state index contributed by atoms with van der Waals surface area (Å²) in [5.41, 5.74) is 2.12. The molecule has 0 aromatic rings. The SMILES string of the molecule is CC(=O)N/N=C/C1=C(C(=O)O)N2C(=O)C(NC(=O)OCC(Cl)(Cl)Cl)[C@H]2SC1. The van der Waals surface area contributed by atoms with Crippen molar-refractivity contribution >= 4 is 76.7 Å². The van der Waals surface area contributed by atoms with Crippen LogP contribution in [0.2, 0.25) is 0 Å². The zero-order valence-electron chi connectivity index (χ0n) is 13.6. The average Bonchev–Trinajstić information content (AvgIpc) is 2.56. The van der Waals surface area contributed by atoms with E-state index in [4.69, 9.17) is 39.5 Å². The number of rotatable bonds is 5. The quantitative estimate of drug-likeness (QED) is 0.240. The fourth-order valence-corrected chi connectivity index (χ4v) is 3.72. The minimum Gasteiger partial charge on any atom is -0.477 e. The molecule has 2 aliphatic rings. The number of alkyl carbamates (subject to hydrolysis) is 1. The van der Waals surface area contributed by atoms with Crippen molar-refractivity contribution in [1.29, 1.82) is 0 Å². The lowest BCUT2D eigenvalue weighted by Gasteiger charge is -2.48.